The number of aromatic hydroxyl groups is 1. The van der Waals surface area contributed by atoms with Crippen LogP contribution in [0.25, 0.3) is 0 Å². The van der Waals surface area contributed by atoms with Gasteiger partial charge in [0.25, 0.3) is 0 Å². The molecule has 0 saturated carbocycles. The number of benzene rings is 1. The van der Waals surface area contributed by atoms with E-state index >= 15 is 0 Å². The number of rotatable bonds is 7. The Morgan fingerprint density at radius 2 is 1.83 bits per heavy atom. The number of phenols is 1. The maximum atomic E-state index is 10.2. The van der Waals surface area contributed by atoms with Crippen LogP contribution < -0.4 is 0 Å². The second kappa shape index (κ2) is 8.55. The van der Waals surface area contributed by atoms with Crippen LogP contribution in [0, 0.1) is 5.92 Å². The van der Waals surface area contributed by atoms with Crippen LogP contribution in [0.5, 0.6) is 5.75 Å². The van der Waals surface area contributed by atoms with E-state index in [1.54, 1.807) is 48.7 Å². The third-order valence-electron chi connectivity index (χ3n) is 3.89. The van der Waals surface area contributed by atoms with Crippen molar-refractivity contribution in [2.45, 2.75) is 38.9 Å². The van der Waals surface area contributed by atoms with E-state index < -0.39 is 12.2 Å². The quantitative estimate of drug-likeness (QED) is 0.664. The molecule has 2 atom stereocenters. The molecule has 1 aromatic carbocycles. The van der Waals surface area contributed by atoms with Crippen molar-refractivity contribution < 1.29 is 19.7 Å². The number of furan rings is 1. The fourth-order valence-electron chi connectivity index (χ4n) is 2.39. The molecule has 0 aliphatic rings. The van der Waals surface area contributed by atoms with E-state index in [0.717, 1.165) is 11.1 Å². The van der Waals surface area contributed by atoms with E-state index in [1.165, 1.54) is 0 Å². The molecule has 0 aliphatic heterocycles. The maximum Gasteiger partial charge on any atom is 0.132 e. The average molecular weight is 328 g/mol. The van der Waals surface area contributed by atoms with Crippen molar-refractivity contribution in [2.75, 3.05) is 0 Å². The van der Waals surface area contributed by atoms with Crippen molar-refractivity contribution >= 4 is 0 Å². The van der Waals surface area contributed by atoms with Crippen LogP contribution in [0.3, 0.4) is 0 Å². The summed E-state index contributed by atoms with van der Waals surface area (Å²) in [4.78, 5) is 0. The molecule has 1 aromatic heterocycles. The van der Waals surface area contributed by atoms with E-state index in [1.807, 2.05) is 13.8 Å². The van der Waals surface area contributed by atoms with Crippen LogP contribution >= 0.6 is 0 Å². The van der Waals surface area contributed by atoms with E-state index in [2.05, 4.69) is 5.73 Å². The predicted molar refractivity (Wildman–Crippen MR) is 92.4 cm³/mol. The van der Waals surface area contributed by atoms with Crippen LogP contribution in [-0.4, -0.2) is 15.3 Å². The molecule has 0 saturated heterocycles. The molecule has 0 aliphatic carbocycles. The zero-order valence-corrected chi connectivity index (χ0v) is 14.0. The molecule has 0 unspecified atom stereocenters. The monoisotopic (exact) mass is 328 g/mol. The largest absolute Gasteiger partial charge is 0.508 e. The zero-order valence-electron chi connectivity index (χ0n) is 14.0. The fraction of sp³-hybridized carbons (Fsp3) is 0.350. The third kappa shape index (κ3) is 5.14. The van der Waals surface area contributed by atoms with Crippen LogP contribution in [-0.2, 0) is 0 Å². The van der Waals surface area contributed by atoms with Gasteiger partial charge in [0.2, 0.25) is 0 Å². The van der Waals surface area contributed by atoms with Gasteiger partial charge in [-0.3, -0.25) is 0 Å². The van der Waals surface area contributed by atoms with Gasteiger partial charge in [0, 0.05) is 12.8 Å². The van der Waals surface area contributed by atoms with E-state index in [9.17, 15) is 15.3 Å². The van der Waals surface area contributed by atoms with E-state index in [4.69, 9.17) is 4.42 Å². The average Bonchev–Trinajstić information content (AvgIpc) is 3.08. The number of hydrogen-bond donors (Lipinski definition) is 3. The van der Waals surface area contributed by atoms with Gasteiger partial charge in [-0.05, 0) is 47.4 Å². The van der Waals surface area contributed by atoms with Crippen molar-refractivity contribution in [2.24, 2.45) is 5.92 Å². The third-order valence-corrected chi connectivity index (χ3v) is 3.89. The van der Waals surface area contributed by atoms with Crippen LogP contribution in [0.1, 0.15) is 50.2 Å². The van der Waals surface area contributed by atoms with Gasteiger partial charge < -0.3 is 19.7 Å². The first kappa shape index (κ1) is 18.1. The standard InChI is InChI=1S/C20H24O4/c1-14(2)16(13-19(23)20-7-4-12-24-20)5-3-6-18(22)15-8-10-17(21)11-9-15/h3-4,7-12,14,18-19,21-23H,6,13H2,1-2H3/t5?,18-,19-/m1/s1. The highest BCUT2D eigenvalue weighted by molar-refractivity contribution is 5.27. The van der Waals surface area contributed by atoms with Crippen molar-refractivity contribution in [3.8, 4) is 5.75 Å². The lowest BCUT2D eigenvalue weighted by Crippen LogP contribution is -2.02. The van der Waals surface area contributed by atoms with Crippen molar-refractivity contribution in [3.63, 3.8) is 0 Å². The highest BCUT2D eigenvalue weighted by Gasteiger charge is 2.14. The molecule has 1 heterocycles. The normalized spacial score (nSPS) is 13.4. The van der Waals surface area contributed by atoms with Crippen molar-refractivity contribution in [1.29, 1.82) is 0 Å². The van der Waals surface area contributed by atoms with Crippen LogP contribution in [0.4, 0.5) is 0 Å². The van der Waals surface area contributed by atoms with Gasteiger partial charge in [0.05, 0.1) is 12.4 Å². The number of phenolic OH excluding ortho intramolecular Hbond substituents is 1. The molecule has 4 nitrogen and oxygen atoms in total. The summed E-state index contributed by atoms with van der Waals surface area (Å²) in [5.41, 5.74) is 4.92. The Morgan fingerprint density at radius 3 is 2.42 bits per heavy atom. The number of aliphatic hydroxyl groups is 2. The minimum atomic E-state index is -0.694. The molecule has 0 amide bonds. The molecule has 3 N–H and O–H groups in total. The molecule has 2 rings (SSSR count). The Bertz CT molecular complexity index is 677. The Hall–Kier alpha value is -2.26. The topological polar surface area (TPSA) is 73.8 Å². The molecule has 0 bridgehead atoms. The lowest BCUT2D eigenvalue weighted by molar-refractivity contribution is 0.147. The van der Waals surface area contributed by atoms with Crippen molar-refractivity contribution in [3.05, 3.63) is 71.4 Å². The summed E-state index contributed by atoms with van der Waals surface area (Å²) < 4.78 is 5.22. The maximum absolute atomic E-state index is 10.2. The van der Waals surface area contributed by atoms with Gasteiger partial charge in [-0.1, -0.05) is 26.0 Å². The molecule has 128 valence electrons. The fourth-order valence-corrected chi connectivity index (χ4v) is 2.39. The van der Waals surface area contributed by atoms with Gasteiger partial charge in [-0.2, -0.15) is 0 Å². The SMILES string of the molecule is CC(C)C(=C=CC[C@@H](O)c1ccc(O)cc1)C[C@@H](O)c1ccco1. The highest BCUT2D eigenvalue weighted by Crippen LogP contribution is 2.25. The van der Waals surface area contributed by atoms with Gasteiger partial charge >= 0.3 is 0 Å². The smallest absolute Gasteiger partial charge is 0.132 e. The lowest BCUT2D eigenvalue weighted by atomic mass is 9.96. The molecule has 0 radical (unpaired) electrons. The van der Waals surface area contributed by atoms with E-state index in [0.29, 0.717) is 18.6 Å². The second-order valence-corrected chi connectivity index (χ2v) is 6.11. The highest BCUT2D eigenvalue weighted by atomic mass is 16.4. The first-order valence-corrected chi connectivity index (χ1v) is 8.09. The molecule has 0 fully saturated rings. The summed E-state index contributed by atoms with van der Waals surface area (Å²) in [6, 6.07) is 10.00. The Labute approximate surface area is 142 Å². The first-order valence-electron chi connectivity index (χ1n) is 8.09. The number of hydrogen-bond acceptors (Lipinski definition) is 4. The van der Waals surface area contributed by atoms with Gasteiger partial charge in [-0.25, -0.2) is 0 Å². The van der Waals surface area contributed by atoms with Crippen LogP contribution in [0.15, 0.2) is 64.5 Å². The second-order valence-electron chi connectivity index (χ2n) is 6.11. The Kier molecular flexibility index (Phi) is 6.44. The minimum absolute atomic E-state index is 0.176. The first-order chi connectivity index (χ1) is 11.5. The summed E-state index contributed by atoms with van der Waals surface area (Å²) in [5.74, 6) is 0.950. The molecule has 4 heteroatoms. The zero-order chi connectivity index (χ0) is 17.5. The van der Waals surface area contributed by atoms with Gasteiger partial charge in [0.1, 0.15) is 17.6 Å². The Morgan fingerprint density at radius 1 is 1.12 bits per heavy atom. The number of aliphatic hydroxyl groups excluding tert-OH is 2. The van der Waals surface area contributed by atoms with E-state index in [-0.39, 0.29) is 11.7 Å². The van der Waals surface area contributed by atoms with Crippen molar-refractivity contribution in [1.82, 2.24) is 0 Å². The molecular weight excluding hydrogens is 304 g/mol. The molecule has 2 aromatic rings. The summed E-state index contributed by atoms with van der Waals surface area (Å²) >= 11 is 0. The Balaban J connectivity index is 2.03. The summed E-state index contributed by atoms with van der Waals surface area (Å²) in [5, 5.41) is 29.6. The molecular formula is C20H24O4. The summed E-state index contributed by atoms with van der Waals surface area (Å²) in [6.07, 6.45) is 2.85. The van der Waals surface area contributed by atoms with Crippen LogP contribution in [0.2, 0.25) is 0 Å². The molecule has 0 spiro atoms. The van der Waals surface area contributed by atoms with Gasteiger partial charge in [0.15, 0.2) is 0 Å². The summed E-state index contributed by atoms with van der Waals surface area (Å²) in [6.45, 7) is 4.09. The molecule has 24 heavy (non-hydrogen) atoms. The summed E-state index contributed by atoms with van der Waals surface area (Å²) in [7, 11) is 0. The van der Waals surface area contributed by atoms with Gasteiger partial charge in [-0.15, -0.1) is 5.73 Å². The lowest BCUT2D eigenvalue weighted by Gasteiger charge is -2.13. The minimum Gasteiger partial charge on any atom is -0.508 e. The predicted octanol–water partition coefficient (Wildman–Crippen LogP) is 4.27.